The molecule has 5 heteroatoms. The van der Waals surface area contributed by atoms with Crippen LogP contribution < -0.4 is 0 Å². The molecule has 90 valence electrons. The third-order valence-electron chi connectivity index (χ3n) is 2.25. The lowest BCUT2D eigenvalue weighted by Gasteiger charge is -2.16. The summed E-state index contributed by atoms with van der Waals surface area (Å²) >= 11 is 0. The Morgan fingerprint density at radius 2 is 2.25 bits per heavy atom. The molecule has 1 aromatic heterocycles. The summed E-state index contributed by atoms with van der Waals surface area (Å²) in [6.45, 7) is 6.23. The van der Waals surface area contributed by atoms with Gasteiger partial charge in [0.25, 0.3) is 0 Å². The van der Waals surface area contributed by atoms with Gasteiger partial charge in [0.15, 0.2) is 5.60 Å². The number of carboxylic acid groups (broad SMARTS) is 1. The molecule has 16 heavy (non-hydrogen) atoms. The van der Waals surface area contributed by atoms with E-state index in [0.717, 1.165) is 12.1 Å². The quantitative estimate of drug-likeness (QED) is 0.782. The highest BCUT2D eigenvalue weighted by atomic mass is 16.4. The van der Waals surface area contributed by atoms with E-state index in [1.54, 1.807) is 17.1 Å². The van der Waals surface area contributed by atoms with Crippen LogP contribution in [0.25, 0.3) is 0 Å². The van der Waals surface area contributed by atoms with Gasteiger partial charge in [-0.1, -0.05) is 13.8 Å². The van der Waals surface area contributed by atoms with E-state index in [9.17, 15) is 9.90 Å². The Balaban J connectivity index is 2.69. The van der Waals surface area contributed by atoms with Crippen LogP contribution in [0, 0.1) is 5.92 Å². The molecule has 1 heterocycles. The van der Waals surface area contributed by atoms with Gasteiger partial charge in [-0.05, 0) is 18.4 Å². The second-order valence-corrected chi connectivity index (χ2v) is 4.72. The monoisotopic (exact) mass is 226 g/mol. The maximum absolute atomic E-state index is 10.7. The van der Waals surface area contributed by atoms with E-state index in [-0.39, 0.29) is 6.42 Å². The first-order chi connectivity index (χ1) is 7.31. The molecule has 0 fully saturated rings. The highest BCUT2D eigenvalue weighted by Gasteiger charge is 2.30. The number of carbonyl (C=O) groups is 1. The van der Waals surface area contributed by atoms with Gasteiger partial charge in [0.1, 0.15) is 0 Å². The molecule has 5 nitrogen and oxygen atoms in total. The van der Waals surface area contributed by atoms with Gasteiger partial charge < -0.3 is 10.2 Å². The van der Waals surface area contributed by atoms with Crippen molar-refractivity contribution in [3.8, 4) is 0 Å². The zero-order chi connectivity index (χ0) is 12.3. The minimum Gasteiger partial charge on any atom is -0.479 e. The standard InChI is InChI=1S/C11H18N2O3/c1-8(2)6-13-7-9(5-12-13)4-11(3,16)10(14)15/h5,7-8,16H,4,6H2,1-3H3,(H,14,15). The fourth-order valence-corrected chi connectivity index (χ4v) is 1.44. The lowest BCUT2D eigenvalue weighted by Crippen LogP contribution is -2.37. The van der Waals surface area contributed by atoms with Gasteiger partial charge in [-0.3, -0.25) is 4.68 Å². The number of rotatable bonds is 5. The normalized spacial score (nSPS) is 15.1. The minimum absolute atomic E-state index is 0.0699. The highest BCUT2D eigenvalue weighted by molar-refractivity contribution is 5.76. The average Bonchev–Trinajstić information content (AvgIpc) is 2.50. The van der Waals surface area contributed by atoms with E-state index in [1.807, 2.05) is 0 Å². The molecular weight excluding hydrogens is 208 g/mol. The predicted molar refractivity (Wildman–Crippen MR) is 59.0 cm³/mol. The molecule has 0 spiro atoms. The molecule has 0 saturated carbocycles. The van der Waals surface area contributed by atoms with Gasteiger partial charge in [-0.2, -0.15) is 5.10 Å². The molecule has 1 aromatic rings. The Bertz CT molecular complexity index is 369. The molecule has 0 saturated heterocycles. The Hall–Kier alpha value is -1.36. The summed E-state index contributed by atoms with van der Waals surface area (Å²) in [5.41, 5.74) is -1.00. The predicted octanol–water partition coefficient (Wildman–Crippen LogP) is 0.917. The van der Waals surface area contributed by atoms with Gasteiger partial charge in [-0.15, -0.1) is 0 Å². The van der Waals surface area contributed by atoms with Crippen molar-refractivity contribution < 1.29 is 15.0 Å². The van der Waals surface area contributed by atoms with Gasteiger partial charge in [0, 0.05) is 19.2 Å². The number of aromatic nitrogens is 2. The van der Waals surface area contributed by atoms with Gasteiger partial charge in [0.2, 0.25) is 0 Å². The van der Waals surface area contributed by atoms with Crippen molar-refractivity contribution >= 4 is 5.97 Å². The van der Waals surface area contributed by atoms with Crippen LogP contribution in [0.3, 0.4) is 0 Å². The summed E-state index contributed by atoms with van der Waals surface area (Å²) in [5, 5.41) is 22.5. The fourth-order valence-electron chi connectivity index (χ4n) is 1.44. The largest absolute Gasteiger partial charge is 0.479 e. The molecule has 0 aliphatic rings. The van der Waals surface area contributed by atoms with E-state index in [4.69, 9.17) is 5.11 Å². The molecule has 0 aliphatic heterocycles. The van der Waals surface area contributed by atoms with Gasteiger partial charge in [-0.25, -0.2) is 4.79 Å². The number of aliphatic carboxylic acids is 1. The van der Waals surface area contributed by atoms with E-state index in [0.29, 0.717) is 5.92 Å². The molecule has 1 unspecified atom stereocenters. The van der Waals surface area contributed by atoms with Crippen LogP contribution in [0.5, 0.6) is 0 Å². The van der Waals surface area contributed by atoms with Crippen LogP contribution in [-0.2, 0) is 17.8 Å². The summed E-state index contributed by atoms with van der Waals surface area (Å²) in [7, 11) is 0. The summed E-state index contributed by atoms with van der Waals surface area (Å²) in [6.07, 6.45) is 3.44. The molecule has 0 amide bonds. The minimum atomic E-state index is -1.73. The molecule has 0 bridgehead atoms. The van der Waals surface area contributed by atoms with Crippen molar-refractivity contribution in [3.05, 3.63) is 18.0 Å². The highest BCUT2D eigenvalue weighted by Crippen LogP contribution is 2.13. The molecule has 1 rings (SSSR count). The number of hydrogen-bond donors (Lipinski definition) is 2. The number of carboxylic acids is 1. The maximum atomic E-state index is 10.7. The van der Waals surface area contributed by atoms with Crippen LogP contribution in [0.1, 0.15) is 26.3 Å². The van der Waals surface area contributed by atoms with Gasteiger partial charge in [0.05, 0.1) is 6.20 Å². The summed E-state index contributed by atoms with van der Waals surface area (Å²) in [5.74, 6) is -0.739. The Labute approximate surface area is 94.7 Å². The van der Waals surface area contributed by atoms with Crippen molar-refractivity contribution in [1.29, 1.82) is 0 Å². The second-order valence-electron chi connectivity index (χ2n) is 4.72. The zero-order valence-corrected chi connectivity index (χ0v) is 9.84. The Morgan fingerprint density at radius 3 is 2.75 bits per heavy atom. The number of aliphatic hydroxyl groups is 1. The van der Waals surface area contributed by atoms with E-state index >= 15 is 0 Å². The van der Waals surface area contributed by atoms with Gasteiger partial charge >= 0.3 is 5.97 Å². The SMILES string of the molecule is CC(C)Cn1cc(CC(C)(O)C(=O)O)cn1. The zero-order valence-electron chi connectivity index (χ0n) is 9.84. The Kier molecular flexibility index (Phi) is 3.70. The third kappa shape index (κ3) is 3.34. The fraction of sp³-hybridized carbons (Fsp3) is 0.636. The molecule has 2 N–H and O–H groups in total. The van der Waals surface area contributed by atoms with Crippen molar-refractivity contribution in [2.24, 2.45) is 5.92 Å². The van der Waals surface area contributed by atoms with Crippen LogP contribution in [0.2, 0.25) is 0 Å². The summed E-state index contributed by atoms with van der Waals surface area (Å²) in [4.78, 5) is 10.7. The molecular formula is C11H18N2O3. The van der Waals surface area contributed by atoms with Crippen molar-refractivity contribution in [2.75, 3.05) is 0 Å². The smallest absolute Gasteiger partial charge is 0.335 e. The summed E-state index contributed by atoms with van der Waals surface area (Å²) in [6, 6.07) is 0. The van der Waals surface area contributed by atoms with Crippen molar-refractivity contribution in [1.82, 2.24) is 9.78 Å². The maximum Gasteiger partial charge on any atom is 0.335 e. The van der Waals surface area contributed by atoms with Crippen LogP contribution >= 0.6 is 0 Å². The molecule has 0 aromatic carbocycles. The summed E-state index contributed by atoms with van der Waals surface area (Å²) < 4.78 is 1.76. The first kappa shape index (κ1) is 12.7. The van der Waals surface area contributed by atoms with Crippen molar-refractivity contribution in [3.63, 3.8) is 0 Å². The van der Waals surface area contributed by atoms with E-state index < -0.39 is 11.6 Å². The topological polar surface area (TPSA) is 75.4 Å². The second kappa shape index (κ2) is 4.65. The third-order valence-corrected chi connectivity index (χ3v) is 2.25. The van der Waals surface area contributed by atoms with Crippen molar-refractivity contribution in [2.45, 2.75) is 39.3 Å². The lowest BCUT2D eigenvalue weighted by molar-refractivity contribution is -0.156. The van der Waals surface area contributed by atoms with E-state index in [2.05, 4.69) is 18.9 Å². The Morgan fingerprint density at radius 1 is 1.62 bits per heavy atom. The van der Waals surface area contributed by atoms with Crippen LogP contribution in [0.15, 0.2) is 12.4 Å². The first-order valence-corrected chi connectivity index (χ1v) is 5.28. The molecule has 0 radical (unpaired) electrons. The van der Waals surface area contributed by atoms with Crippen LogP contribution in [-0.4, -0.2) is 31.6 Å². The molecule has 0 aliphatic carbocycles. The first-order valence-electron chi connectivity index (χ1n) is 5.28. The number of hydrogen-bond acceptors (Lipinski definition) is 3. The number of nitrogens with zero attached hydrogens (tertiary/aromatic N) is 2. The van der Waals surface area contributed by atoms with Crippen LogP contribution in [0.4, 0.5) is 0 Å². The molecule has 1 atom stereocenters. The average molecular weight is 226 g/mol. The van der Waals surface area contributed by atoms with E-state index in [1.165, 1.54) is 6.92 Å². The lowest BCUT2D eigenvalue weighted by atomic mass is 9.99.